The van der Waals surface area contributed by atoms with Gasteiger partial charge in [0.25, 0.3) is 0 Å². The molecule has 3 rings (SSSR count). The molecule has 0 atom stereocenters. The average Bonchev–Trinajstić information content (AvgIpc) is 3.20. The summed E-state index contributed by atoms with van der Waals surface area (Å²) in [5.41, 5.74) is 1.92. The molecule has 0 radical (unpaired) electrons. The van der Waals surface area contributed by atoms with Gasteiger partial charge in [-0.2, -0.15) is 4.98 Å². The highest BCUT2D eigenvalue weighted by molar-refractivity contribution is 6.30. The Bertz CT molecular complexity index is 924. The van der Waals surface area contributed by atoms with E-state index in [-0.39, 0.29) is 0 Å². The molecule has 2 aromatic carbocycles. The lowest BCUT2D eigenvalue weighted by molar-refractivity contribution is 0.378. The lowest BCUT2D eigenvalue weighted by atomic mass is 10.2. The molecule has 0 aliphatic carbocycles. The summed E-state index contributed by atoms with van der Waals surface area (Å²) in [6.07, 6.45) is 0.579. The third-order valence-corrected chi connectivity index (χ3v) is 4.32. The van der Waals surface area contributed by atoms with Crippen LogP contribution in [0.5, 0.6) is 5.75 Å². The number of nitrogens with zero attached hydrogens (tertiary/aromatic N) is 3. The molecule has 7 nitrogen and oxygen atoms in total. The van der Waals surface area contributed by atoms with Gasteiger partial charge in [0.15, 0.2) is 5.96 Å². The quantitative estimate of drug-likeness (QED) is 0.468. The Kier molecular flexibility index (Phi) is 6.86. The summed E-state index contributed by atoms with van der Waals surface area (Å²) >= 11 is 5.90. The summed E-state index contributed by atoms with van der Waals surface area (Å²) in [5.74, 6) is 2.62. The zero-order valence-corrected chi connectivity index (χ0v) is 16.5. The molecule has 0 amide bonds. The van der Waals surface area contributed by atoms with E-state index in [9.17, 15) is 0 Å². The second-order valence-corrected chi connectivity index (χ2v) is 6.37. The van der Waals surface area contributed by atoms with E-state index in [4.69, 9.17) is 20.9 Å². The van der Waals surface area contributed by atoms with Gasteiger partial charge in [0.2, 0.25) is 11.7 Å². The van der Waals surface area contributed by atoms with Crippen molar-refractivity contribution in [3.05, 3.63) is 65.0 Å². The first-order valence-electron chi connectivity index (χ1n) is 8.84. The molecular weight excluding hydrogens is 378 g/mol. The third-order valence-electron chi connectivity index (χ3n) is 4.06. The van der Waals surface area contributed by atoms with E-state index >= 15 is 0 Å². The highest BCUT2D eigenvalue weighted by Gasteiger charge is 2.09. The van der Waals surface area contributed by atoms with Gasteiger partial charge >= 0.3 is 0 Å². The fraction of sp³-hybridized carbons (Fsp3) is 0.250. The zero-order valence-electron chi connectivity index (χ0n) is 15.8. The number of aromatic nitrogens is 2. The maximum atomic E-state index is 5.90. The fourth-order valence-electron chi connectivity index (χ4n) is 2.61. The van der Waals surface area contributed by atoms with Gasteiger partial charge < -0.3 is 19.9 Å². The smallest absolute Gasteiger partial charge is 0.228 e. The van der Waals surface area contributed by atoms with E-state index in [0.29, 0.717) is 42.2 Å². The molecule has 2 N–H and O–H groups in total. The number of guanidine groups is 1. The second kappa shape index (κ2) is 9.75. The number of methoxy groups -OCH3 is 1. The van der Waals surface area contributed by atoms with Crippen LogP contribution in [0.1, 0.15) is 11.5 Å². The first kappa shape index (κ1) is 19.7. The molecule has 8 heteroatoms. The summed E-state index contributed by atoms with van der Waals surface area (Å²) < 4.78 is 10.7. The molecule has 0 saturated carbocycles. The molecule has 3 aromatic rings. The lowest BCUT2D eigenvalue weighted by Crippen LogP contribution is -2.37. The number of nitrogens with one attached hydrogen (secondary N) is 2. The van der Waals surface area contributed by atoms with Crippen LogP contribution >= 0.6 is 11.6 Å². The molecule has 1 aromatic heterocycles. The highest BCUT2D eigenvalue weighted by Crippen LogP contribution is 2.19. The molecule has 0 spiro atoms. The van der Waals surface area contributed by atoms with Crippen LogP contribution in [0.4, 0.5) is 0 Å². The lowest BCUT2D eigenvalue weighted by Gasteiger charge is -2.13. The van der Waals surface area contributed by atoms with Gasteiger partial charge in [0.05, 0.1) is 7.11 Å². The predicted octanol–water partition coefficient (Wildman–Crippen LogP) is 3.31. The molecule has 0 unspecified atom stereocenters. The number of para-hydroxylation sites is 1. The van der Waals surface area contributed by atoms with Crippen molar-refractivity contribution in [2.45, 2.75) is 13.0 Å². The van der Waals surface area contributed by atoms with Gasteiger partial charge in [-0.05, 0) is 30.3 Å². The number of hydrogen-bond donors (Lipinski definition) is 2. The Morgan fingerprint density at radius 2 is 1.93 bits per heavy atom. The van der Waals surface area contributed by atoms with E-state index in [1.54, 1.807) is 26.3 Å². The van der Waals surface area contributed by atoms with Crippen molar-refractivity contribution in [1.82, 2.24) is 20.8 Å². The monoisotopic (exact) mass is 399 g/mol. The minimum absolute atomic E-state index is 0.547. The average molecular weight is 400 g/mol. The first-order valence-corrected chi connectivity index (χ1v) is 9.22. The van der Waals surface area contributed by atoms with Crippen LogP contribution in [0, 0.1) is 0 Å². The van der Waals surface area contributed by atoms with E-state index in [1.165, 1.54) is 0 Å². The van der Waals surface area contributed by atoms with Crippen molar-refractivity contribution in [2.24, 2.45) is 4.99 Å². The molecule has 1 heterocycles. The third kappa shape index (κ3) is 5.23. The number of hydrogen-bond acceptors (Lipinski definition) is 5. The van der Waals surface area contributed by atoms with Crippen molar-refractivity contribution in [2.75, 3.05) is 20.7 Å². The number of benzene rings is 2. The van der Waals surface area contributed by atoms with Crippen molar-refractivity contribution in [1.29, 1.82) is 0 Å². The van der Waals surface area contributed by atoms with Crippen LogP contribution in [-0.2, 0) is 13.0 Å². The molecule has 146 valence electrons. The molecule has 0 aliphatic rings. The number of halogens is 1. The van der Waals surface area contributed by atoms with Crippen LogP contribution in [0.15, 0.2) is 58.0 Å². The van der Waals surface area contributed by atoms with Crippen molar-refractivity contribution in [3.8, 4) is 17.1 Å². The Balaban J connectivity index is 1.49. The standard InChI is InChI=1S/C20H22ClN5O2/c1-22-20(24-13-15-5-3-4-6-17(15)27-2)23-12-11-18-25-19(26-28-18)14-7-9-16(21)10-8-14/h3-10H,11-13H2,1-2H3,(H2,22,23,24). The Morgan fingerprint density at radius 1 is 1.14 bits per heavy atom. The summed E-state index contributed by atoms with van der Waals surface area (Å²) in [6.45, 7) is 1.21. The zero-order chi connectivity index (χ0) is 19.8. The van der Waals surface area contributed by atoms with E-state index in [0.717, 1.165) is 16.9 Å². The van der Waals surface area contributed by atoms with Crippen molar-refractivity contribution in [3.63, 3.8) is 0 Å². The van der Waals surface area contributed by atoms with Gasteiger partial charge in [0.1, 0.15) is 5.75 Å². The number of rotatable bonds is 7. The summed E-state index contributed by atoms with van der Waals surface area (Å²) in [4.78, 5) is 8.64. The predicted molar refractivity (Wildman–Crippen MR) is 110 cm³/mol. The van der Waals surface area contributed by atoms with E-state index in [2.05, 4.69) is 25.8 Å². The SMILES string of the molecule is CN=C(NCCc1nc(-c2ccc(Cl)cc2)no1)NCc1ccccc1OC. The van der Waals surface area contributed by atoms with Gasteiger partial charge in [-0.3, -0.25) is 4.99 Å². The molecule has 0 bridgehead atoms. The van der Waals surface area contributed by atoms with Crippen molar-refractivity contribution >= 4 is 17.6 Å². The van der Waals surface area contributed by atoms with Crippen LogP contribution in [0.3, 0.4) is 0 Å². The van der Waals surface area contributed by atoms with Crippen LogP contribution < -0.4 is 15.4 Å². The summed E-state index contributed by atoms with van der Waals surface area (Å²) in [5, 5.41) is 11.2. The number of ether oxygens (including phenoxy) is 1. The largest absolute Gasteiger partial charge is 0.496 e. The van der Waals surface area contributed by atoms with Crippen LogP contribution in [0.25, 0.3) is 11.4 Å². The topological polar surface area (TPSA) is 84.6 Å². The fourth-order valence-corrected chi connectivity index (χ4v) is 2.74. The molecular formula is C20H22ClN5O2. The van der Waals surface area contributed by atoms with Gasteiger partial charge in [-0.25, -0.2) is 0 Å². The molecule has 28 heavy (non-hydrogen) atoms. The normalized spacial score (nSPS) is 11.3. The summed E-state index contributed by atoms with van der Waals surface area (Å²) in [6, 6.07) is 15.2. The second-order valence-electron chi connectivity index (χ2n) is 5.93. The minimum Gasteiger partial charge on any atom is -0.496 e. The van der Waals surface area contributed by atoms with Gasteiger partial charge in [0, 0.05) is 42.7 Å². The maximum absolute atomic E-state index is 5.90. The maximum Gasteiger partial charge on any atom is 0.228 e. The van der Waals surface area contributed by atoms with Gasteiger partial charge in [-0.1, -0.05) is 35.0 Å². The van der Waals surface area contributed by atoms with Gasteiger partial charge in [-0.15, -0.1) is 0 Å². The van der Waals surface area contributed by atoms with Crippen LogP contribution in [-0.4, -0.2) is 36.8 Å². The highest BCUT2D eigenvalue weighted by atomic mass is 35.5. The Morgan fingerprint density at radius 3 is 2.68 bits per heavy atom. The molecule has 0 aliphatic heterocycles. The minimum atomic E-state index is 0.547. The van der Waals surface area contributed by atoms with Crippen LogP contribution in [0.2, 0.25) is 5.02 Å². The summed E-state index contributed by atoms with van der Waals surface area (Å²) in [7, 11) is 3.39. The first-order chi connectivity index (χ1) is 13.7. The van der Waals surface area contributed by atoms with E-state index in [1.807, 2.05) is 36.4 Å². The van der Waals surface area contributed by atoms with E-state index < -0.39 is 0 Å². The Hall–Kier alpha value is -3.06. The Labute approximate surface area is 168 Å². The van der Waals surface area contributed by atoms with Crippen molar-refractivity contribution < 1.29 is 9.26 Å². The number of aliphatic imine (C=N–C) groups is 1. The molecule has 0 fully saturated rings. The molecule has 0 saturated heterocycles.